The van der Waals surface area contributed by atoms with Crippen LogP contribution in [0.25, 0.3) is 5.57 Å². The largest absolute Gasteiger partial charge is 0.497 e. The van der Waals surface area contributed by atoms with Gasteiger partial charge in [-0.3, -0.25) is 9.59 Å². The molecule has 7 heteroatoms. The van der Waals surface area contributed by atoms with Gasteiger partial charge in [0.2, 0.25) is 0 Å². The number of hydrogen-bond acceptors (Lipinski definition) is 5. The topological polar surface area (TPSA) is 67.9 Å². The van der Waals surface area contributed by atoms with Crippen LogP contribution in [0.4, 0.5) is 11.4 Å². The molecule has 0 saturated heterocycles. The van der Waals surface area contributed by atoms with E-state index < -0.39 is 11.8 Å². The van der Waals surface area contributed by atoms with Crippen LogP contribution in [0.2, 0.25) is 5.02 Å². The van der Waals surface area contributed by atoms with Gasteiger partial charge in [0.1, 0.15) is 17.2 Å². The second-order valence-electron chi connectivity index (χ2n) is 7.44. The number of hydrogen-bond donors (Lipinski definition) is 1. The van der Waals surface area contributed by atoms with E-state index in [9.17, 15) is 9.59 Å². The van der Waals surface area contributed by atoms with E-state index in [1.165, 1.54) is 0 Å². The maximum absolute atomic E-state index is 13.5. The molecule has 0 aliphatic carbocycles. The van der Waals surface area contributed by atoms with Crippen molar-refractivity contribution in [2.75, 3.05) is 23.9 Å². The Morgan fingerprint density at radius 1 is 0.939 bits per heavy atom. The predicted octanol–water partition coefficient (Wildman–Crippen LogP) is 5.45. The molecule has 0 spiro atoms. The van der Waals surface area contributed by atoms with Crippen molar-refractivity contribution < 1.29 is 19.1 Å². The minimum atomic E-state index is -0.465. The fourth-order valence-electron chi connectivity index (χ4n) is 3.60. The maximum atomic E-state index is 13.5. The second-order valence-corrected chi connectivity index (χ2v) is 7.85. The summed E-state index contributed by atoms with van der Waals surface area (Å²) in [6.07, 6.45) is 0. The van der Waals surface area contributed by atoms with Gasteiger partial charge in [-0.25, -0.2) is 4.90 Å². The summed E-state index contributed by atoms with van der Waals surface area (Å²) in [6, 6.07) is 19.4. The molecular weight excluding hydrogens is 440 g/mol. The molecule has 0 unspecified atom stereocenters. The highest BCUT2D eigenvalue weighted by molar-refractivity contribution is 6.46. The maximum Gasteiger partial charge on any atom is 0.282 e. The van der Waals surface area contributed by atoms with Crippen LogP contribution in [-0.4, -0.2) is 25.5 Å². The number of ether oxygens (including phenoxy) is 2. The standard InChI is InChI=1S/C26H23ClN2O4/c1-4-33-21-7-5-6-18(14-21)28-24-23(17-9-12-20(32-3)13-10-17)25(30)29(26(24)31)19-11-8-16(2)22(27)15-19/h5-15,28H,4H2,1-3H3. The average molecular weight is 463 g/mol. The lowest BCUT2D eigenvalue weighted by atomic mass is 10.0. The smallest absolute Gasteiger partial charge is 0.282 e. The molecule has 4 rings (SSSR count). The third kappa shape index (κ3) is 4.43. The van der Waals surface area contributed by atoms with E-state index >= 15 is 0 Å². The quantitative estimate of drug-likeness (QED) is 0.473. The summed E-state index contributed by atoms with van der Waals surface area (Å²) < 4.78 is 10.8. The molecule has 2 amide bonds. The van der Waals surface area contributed by atoms with Gasteiger partial charge in [-0.05, 0) is 61.4 Å². The lowest BCUT2D eigenvalue weighted by Gasteiger charge is -2.16. The Labute approximate surface area is 197 Å². The van der Waals surface area contributed by atoms with Crippen LogP contribution in [0, 0.1) is 6.92 Å². The van der Waals surface area contributed by atoms with Crippen LogP contribution in [0.1, 0.15) is 18.1 Å². The van der Waals surface area contributed by atoms with Gasteiger partial charge in [0, 0.05) is 16.8 Å². The van der Waals surface area contributed by atoms with Crippen molar-refractivity contribution in [2.24, 2.45) is 0 Å². The molecule has 0 atom stereocenters. The Balaban J connectivity index is 1.80. The molecule has 0 fully saturated rings. The number of carbonyl (C=O) groups excluding carboxylic acids is 2. The molecule has 0 aromatic heterocycles. The van der Waals surface area contributed by atoms with Crippen molar-refractivity contribution in [3.05, 3.63) is 88.6 Å². The molecule has 1 N–H and O–H groups in total. The zero-order valence-electron chi connectivity index (χ0n) is 18.5. The monoisotopic (exact) mass is 462 g/mol. The molecule has 33 heavy (non-hydrogen) atoms. The van der Waals surface area contributed by atoms with Gasteiger partial charge in [0.15, 0.2) is 0 Å². The number of amides is 2. The Hall–Kier alpha value is -3.77. The fourth-order valence-corrected chi connectivity index (χ4v) is 3.78. The van der Waals surface area contributed by atoms with Crippen LogP contribution in [0.15, 0.2) is 72.4 Å². The van der Waals surface area contributed by atoms with E-state index in [1.807, 2.05) is 32.0 Å². The average Bonchev–Trinajstić information content (AvgIpc) is 3.05. The summed E-state index contributed by atoms with van der Waals surface area (Å²) in [5.41, 5.74) is 2.93. The summed E-state index contributed by atoms with van der Waals surface area (Å²) in [5, 5.41) is 3.62. The molecule has 1 heterocycles. The highest BCUT2D eigenvalue weighted by Gasteiger charge is 2.40. The first-order valence-electron chi connectivity index (χ1n) is 10.5. The third-order valence-corrected chi connectivity index (χ3v) is 5.70. The minimum absolute atomic E-state index is 0.176. The van der Waals surface area contributed by atoms with E-state index in [0.717, 1.165) is 10.5 Å². The lowest BCUT2D eigenvalue weighted by molar-refractivity contribution is -0.120. The van der Waals surface area contributed by atoms with Crippen LogP contribution in [0.5, 0.6) is 11.5 Å². The number of imide groups is 1. The van der Waals surface area contributed by atoms with E-state index in [4.69, 9.17) is 21.1 Å². The Morgan fingerprint density at radius 3 is 2.36 bits per heavy atom. The molecule has 0 radical (unpaired) electrons. The Bertz CT molecular complexity index is 1250. The summed E-state index contributed by atoms with van der Waals surface area (Å²) in [6.45, 7) is 4.27. The van der Waals surface area contributed by atoms with Gasteiger partial charge >= 0.3 is 0 Å². The SMILES string of the molecule is CCOc1cccc(NC2=C(c3ccc(OC)cc3)C(=O)N(c3ccc(C)c(Cl)c3)C2=O)c1. The lowest BCUT2D eigenvalue weighted by Crippen LogP contribution is -2.32. The molecular formula is C26H23ClN2O4. The van der Waals surface area contributed by atoms with Gasteiger partial charge in [-0.1, -0.05) is 35.9 Å². The van der Waals surface area contributed by atoms with E-state index in [0.29, 0.717) is 40.1 Å². The van der Waals surface area contributed by atoms with Crippen molar-refractivity contribution in [2.45, 2.75) is 13.8 Å². The molecule has 6 nitrogen and oxygen atoms in total. The first-order chi connectivity index (χ1) is 15.9. The van der Waals surface area contributed by atoms with E-state index in [2.05, 4.69) is 5.32 Å². The van der Waals surface area contributed by atoms with Gasteiger partial charge in [-0.2, -0.15) is 0 Å². The van der Waals surface area contributed by atoms with E-state index in [1.54, 1.807) is 55.6 Å². The van der Waals surface area contributed by atoms with Crippen molar-refractivity contribution in [3.8, 4) is 11.5 Å². The van der Waals surface area contributed by atoms with Crippen LogP contribution in [-0.2, 0) is 9.59 Å². The number of carbonyl (C=O) groups is 2. The van der Waals surface area contributed by atoms with Gasteiger partial charge in [-0.15, -0.1) is 0 Å². The van der Waals surface area contributed by atoms with Crippen molar-refractivity contribution in [1.82, 2.24) is 0 Å². The van der Waals surface area contributed by atoms with Gasteiger partial charge in [0.25, 0.3) is 11.8 Å². The zero-order chi connectivity index (χ0) is 23.5. The highest BCUT2D eigenvalue weighted by Crippen LogP contribution is 2.36. The van der Waals surface area contributed by atoms with Crippen LogP contribution in [0.3, 0.4) is 0 Å². The summed E-state index contributed by atoms with van der Waals surface area (Å²) >= 11 is 6.28. The molecule has 0 saturated carbocycles. The summed E-state index contributed by atoms with van der Waals surface area (Å²) in [7, 11) is 1.57. The Morgan fingerprint density at radius 2 is 1.70 bits per heavy atom. The minimum Gasteiger partial charge on any atom is -0.497 e. The van der Waals surface area contributed by atoms with E-state index in [-0.39, 0.29) is 11.3 Å². The third-order valence-electron chi connectivity index (χ3n) is 5.29. The molecule has 168 valence electrons. The van der Waals surface area contributed by atoms with Crippen molar-refractivity contribution in [1.29, 1.82) is 0 Å². The highest BCUT2D eigenvalue weighted by atomic mass is 35.5. The predicted molar refractivity (Wildman–Crippen MR) is 130 cm³/mol. The first kappa shape index (κ1) is 22.4. The first-order valence-corrected chi connectivity index (χ1v) is 10.8. The molecule has 0 bridgehead atoms. The molecule has 3 aromatic rings. The summed E-state index contributed by atoms with van der Waals surface area (Å²) in [4.78, 5) is 28.2. The second kappa shape index (κ2) is 9.38. The molecule has 3 aromatic carbocycles. The molecule has 1 aliphatic rings. The number of nitrogens with zero attached hydrogens (tertiary/aromatic N) is 1. The fraction of sp³-hybridized carbons (Fsp3) is 0.154. The number of anilines is 2. The van der Waals surface area contributed by atoms with Gasteiger partial charge < -0.3 is 14.8 Å². The summed E-state index contributed by atoms with van der Waals surface area (Å²) in [5.74, 6) is 0.409. The van der Waals surface area contributed by atoms with Crippen LogP contribution < -0.4 is 19.7 Å². The zero-order valence-corrected chi connectivity index (χ0v) is 19.3. The molecule has 1 aliphatic heterocycles. The number of rotatable bonds is 7. The van der Waals surface area contributed by atoms with Gasteiger partial charge in [0.05, 0.1) is 25.0 Å². The van der Waals surface area contributed by atoms with Crippen LogP contribution >= 0.6 is 11.6 Å². The number of methoxy groups -OCH3 is 1. The van der Waals surface area contributed by atoms with Crippen molar-refractivity contribution >= 4 is 40.4 Å². The number of aryl methyl sites for hydroxylation is 1. The normalized spacial score (nSPS) is 13.5. The van der Waals surface area contributed by atoms with Crippen molar-refractivity contribution in [3.63, 3.8) is 0 Å². The number of halogens is 1. The number of nitrogens with one attached hydrogen (secondary N) is 1. The Kier molecular flexibility index (Phi) is 6.38. The number of benzene rings is 3.